The Bertz CT molecular complexity index is 630. The average Bonchev–Trinajstić information content (AvgIpc) is 2.39. The lowest BCUT2D eigenvalue weighted by Crippen LogP contribution is -2.22. The number of halogens is 1. The number of aromatic nitrogens is 1. The molecular weight excluding hydrogens is 268 g/mol. The summed E-state index contributed by atoms with van der Waals surface area (Å²) in [5, 5.41) is 12.7. The van der Waals surface area contributed by atoms with Gasteiger partial charge in [-0.3, -0.25) is 14.6 Å². The first-order chi connectivity index (χ1) is 9.13. The van der Waals surface area contributed by atoms with Gasteiger partial charge in [0.15, 0.2) is 0 Å². The second kappa shape index (κ2) is 5.67. The van der Waals surface area contributed by atoms with Gasteiger partial charge < -0.3 is 10.4 Å². The molecule has 1 atom stereocenters. The largest absolute Gasteiger partial charge is 0.481 e. The summed E-state index contributed by atoms with van der Waals surface area (Å²) in [6.45, 7) is 0. The maximum atomic E-state index is 10.9. The van der Waals surface area contributed by atoms with E-state index in [0.717, 1.165) is 5.39 Å². The number of hydrogen-bond acceptors (Lipinski definition) is 3. The average molecular weight is 279 g/mol. The molecule has 1 aromatic heterocycles. The molecule has 0 bridgehead atoms. The molecule has 2 aromatic rings. The first-order valence-corrected chi connectivity index (χ1v) is 5.96. The van der Waals surface area contributed by atoms with Crippen LogP contribution in [0.25, 0.3) is 10.9 Å². The van der Waals surface area contributed by atoms with Gasteiger partial charge in [0, 0.05) is 22.2 Å². The number of pyridine rings is 1. The van der Waals surface area contributed by atoms with Gasteiger partial charge in [-0.2, -0.15) is 0 Å². The summed E-state index contributed by atoms with van der Waals surface area (Å²) < 4.78 is 0. The molecule has 5 nitrogen and oxygen atoms in total. The minimum absolute atomic E-state index is 0.216. The van der Waals surface area contributed by atoms with E-state index >= 15 is 0 Å². The Morgan fingerprint density at radius 1 is 1.47 bits per heavy atom. The van der Waals surface area contributed by atoms with E-state index in [-0.39, 0.29) is 6.42 Å². The number of fused-ring (bicyclic) bond motifs is 1. The van der Waals surface area contributed by atoms with E-state index in [1.54, 1.807) is 30.5 Å². The molecule has 6 heteroatoms. The number of benzene rings is 1. The highest BCUT2D eigenvalue weighted by atomic mass is 35.5. The van der Waals surface area contributed by atoms with E-state index in [0.29, 0.717) is 22.5 Å². The number of carbonyl (C=O) groups excluding carboxylic acids is 1. The van der Waals surface area contributed by atoms with Crippen molar-refractivity contribution in [3.8, 4) is 0 Å². The molecule has 0 radical (unpaired) electrons. The van der Waals surface area contributed by atoms with Crippen LogP contribution in [0.5, 0.6) is 0 Å². The SMILES string of the molecule is O=CNC(CC(=O)O)c1ccc(Cl)c2cccnc12. The molecule has 1 unspecified atom stereocenters. The molecule has 2 rings (SSSR count). The Labute approximate surface area is 114 Å². The number of hydrogen-bond donors (Lipinski definition) is 2. The van der Waals surface area contributed by atoms with E-state index in [9.17, 15) is 9.59 Å². The van der Waals surface area contributed by atoms with E-state index in [4.69, 9.17) is 16.7 Å². The van der Waals surface area contributed by atoms with Crippen LogP contribution in [-0.2, 0) is 9.59 Å². The van der Waals surface area contributed by atoms with Crippen molar-refractivity contribution in [1.82, 2.24) is 10.3 Å². The Morgan fingerprint density at radius 3 is 2.95 bits per heavy atom. The minimum atomic E-state index is -1.00. The van der Waals surface area contributed by atoms with Gasteiger partial charge in [0.2, 0.25) is 6.41 Å². The molecule has 0 aliphatic rings. The standard InChI is InChI=1S/C13H11ClN2O3/c14-10-4-3-9(11(16-7-17)6-12(18)19)13-8(10)2-1-5-15-13/h1-5,7,11H,6H2,(H,16,17)(H,18,19). The van der Waals surface area contributed by atoms with Crippen molar-refractivity contribution in [2.75, 3.05) is 0 Å². The van der Waals surface area contributed by atoms with Gasteiger partial charge in [0.05, 0.1) is 18.0 Å². The Hall–Kier alpha value is -2.14. The first-order valence-electron chi connectivity index (χ1n) is 5.58. The van der Waals surface area contributed by atoms with Crippen molar-refractivity contribution in [3.05, 3.63) is 41.0 Å². The van der Waals surface area contributed by atoms with Crippen LogP contribution >= 0.6 is 11.6 Å². The van der Waals surface area contributed by atoms with Crippen molar-refractivity contribution < 1.29 is 14.7 Å². The van der Waals surface area contributed by atoms with Gasteiger partial charge in [-0.15, -0.1) is 0 Å². The summed E-state index contributed by atoms with van der Waals surface area (Å²) in [5.41, 5.74) is 1.23. The topological polar surface area (TPSA) is 79.3 Å². The number of carbonyl (C=O) groups is 2. The number of amides is 1. The summed E-state index contributed by atoms with van der Waals surface area (Å²) in [5.74, 6) is -1.00. The molecule has 0 aliphatic carbocycles. The lowest BCUT2D eigenvalue weighted by molar-refractivity contribution is -0.137. The van der Waals surface area contributed by atoms with E-state index in [2.05, 4.69) is 10.3 Å². The summed E-state index contributed by atoms with van der Waals surface area (Å²) in [7, 11) is 0. The predicted octanol–water partition coefficient (Wildman–Crippen LogP) is 2.15. The molecule has 0 spiro atoms. The van der Waals surface area contributed by atoms with Crippen molar-refractivity contribution >= 4 is 34.9 Å². The lowest BCUT2D eigenvalue weighted by atomic mass is 10.0. The lowest BCUT2D eigenvalue weighted by Gasteiger charge is -2.16. The number of nitrogens with zero attached hydrogens (tertiary/aromatic N) is 1. The normalized spacial score (nSPS) is 12.1. The molecular formula is C13H11ClN2O3. The molecule has 1 heterocycles. The Morgan fingerprint density at radius 2 is 2.26 bits per heavy atom. The van der Waals surface area contributed by atoms with E-state index < -0.39 is 12.0 Å². The Balaban J connectivity index is 2.56. The minimum Gasteiger partial charge on any atom is -0.481 e. The highest BCUT2D eigenvalue weighted by Crippen LogP contribution is 2.29. The van der Waals surface area contributed by atoms with Crippen molar-refractivity contribution in [1.29, 1.82) is 0 Å². The van der Waals surface area contributed by atoms with Gasteiger partial charge in [0.25, 0.3) is 0 Å². The fourth-order valence-corrected chi connectivity index (χ4v) is 2.17. The van der Waals surface area contributed by atoms with Gasteiger partial charge >= 0.3 is 5.97 Å². The van der Waals surface area contributed by atoms with Gasteiger partial charge in [-0.05, 0) is 18.2 Å². The fraction of sp³-hybridized carbons (Fsp3) is 0.154. The van der Waals surface area contributed by atoms with Crippen LogP contribution in [0.1, 0.15) is 18.0 Å². The third-order valence-electron chi connectivity index (χ3n) is 2.77. The van der Waals surface area contributed by atoms with Gasteiger partial charge in [-0.25, -0.2) is 0 Å². The fourth-order valence-electron chi connectivity index (χ4n) is 1.96. The highest BCUT2D eigenvalue weighted by Gasteiger charge is 2.18. The number of rotatable bonds is 5. The monoisotopic (exact) mass is 278 g/mol. The molecule has 98 valence electrons. The first kappa shape index (κ1) is 13.3. The van der Waals surface area contributed by atoms with Crippen LogP contribution in [0.3, 0.4) is 0 Å². The number of aliphatic carboxylic acids is 1. The van der Waals surface area contributed by atoms with Gasteiger partial charge in [-0.1, -0.05) is 17.7 Å². The number of carboxylic acid groups (broad SMARTS) is 1. The maximum absolute atomic E-state index is 10.9. The van der Waals surface area contributed by atoms with E-state index in [1.165, 1.54) is 0 Å². The molecule has 2 N–H and O–H groups in total. The second-order valence-electron chi connectivity index (χ2n) is 3.97. The van der Waals surface area contributed by atoms with E-state index in [1.807, 2.05) is 0 Å². The van der Waals surface area contributed by atoms with Crippen LogP contribution in [0.2, 0.25) is 5.02 Å². The van der Waals surface area contributed by atoms with Crippen LogP contribution < -0.4 is 5.32 Å². The summed E-state index contributed by atoms with van der Waals surface area (Å²) >= 11 is 6.07. The maximum Gasteiger partial charge on any atom is 0.305 e. The molecule has 1 aromatic carbocycles. The summed E-state index contributed by atoms with van der Waals surface area (Å²) in [4.78, 5) is 25.7. The molecule has 1 amide bonds. The second-order valence-corrected chi connectivity index (χ2v) is 4.38. The third kappa shape index (κ3) is 2.82. The van der Waals surface area contributed by atoms with Crippen molar-refractivity contribution in [3.63, 3.8) is 0 Å². The van der Waals surface area contributed by atoms with Crippen LogP contribution in [0.4, 0.5) is 0 Å². The van der Waals surface area contributed by atoms with Crippen LogP contribution in [0, 0.1) is 0 Å². The van der Waals surface area contributed by atoms with Crippen LogP contribution in [-0.4, -0.2) is 22.5 Å². The smallest absolute Gasteiger partial charge is 0.305 e. The molecule has 0 fully saturated rings. The van der Waals surface area contributed by atoms with Crippen molar-refractivity contribution in [2.45, 2.75) is 12.5 Å². The third-order valence-corrected chi connectivity index (χ3v) is 3.10. The summed E-state index contributed by atoms with van der Waals surface area (Å²) in [6.07, 6.45) is 1.87. The molecule has 19 heavy (non-hydrogen) atoms. The summed E-state index contributed by atoms with van der Waals surface area (Å²) in [6, 6.07) is 6.26. The number of carboxylic acids is 1. The molecule has 0 saturated heterocycles. The zero-order chi connectivity index (χ0) is 13.8. The molecule has 0 saturated carbocycles. The molecule has 0 aliphatic heterocycles. The highest BCUT2D eigenvalue weighted by molar-refractivity contribution is 6.35. The Kier molecular flexibility index (Phi) is 3.97. The predicted molar refractivity (Wildman–Crippen MR) is 70.9 cm³/mol. The zero-order valence-corrected chi connectivity index (χ0v) is 10.6. The van der Waals surface area contributed by atoms with Crippen LogP contribution in [0.15, 0.2) is 30.5 Å². The van der Waals surface area contributed by atoms with Gasteiger partial charge in [0.1, 0.15) is 0 Å². The zero-order valence-electron chi connectivity index (χ0n) is 9.84. The number of nitrogens with one attached hydrogen (secondary N) is 1. The quantitative estimate of drug-likeness (QED) is 0.821. The van der Waals surface area contributed by atoms with Crippen molar-refractivity contribution in [2.24, 2.45) is 0 Å².